The molecular weight excluding hydrogens is 470 g/mol. The number of anilines is 2. The molecular formula is C28H25N5O4. The van der Waals surface area contributed by atoms with Gasteiger partial charge in [0, 0.05) is 36.0 Å². The molecule has 9 nitrogen and oxygen atoms in total. The van der Waals surface area contributed by atoms with Crippen molar-refractivity contribution in [2.75, 3.05) is 36.5 Å². The normalized spacial score (nSPS) is 17.4. The number of imidazole rings is 1. The summed E-state index contributed by atoms with van der Waals surface area (Å²) in [5, 5.41) is 15.6. The summed E-state index contributed by atoms with van der Waals surface area (Å²) >= 11 is 0. The van der Waals surface area contributed by atoms with Gasteiger partial charge in [0.25, 0.3) is 5.69 Å². The number of ether oxygens (including phenoxy) is 1. The van der Waals surface area contributed by atoms with Gasteiger partial charge in [-0.1, -0.05) is 48.5 Å². The lowest BCUT2D eigenvalue weighted by Gasteiger charge is -2.32. The zero-order valence-corrected chi connectivity index (χ0v) is 20.3. The number of allylic oxidation sites excluding steroid dienone is 2. The standard InChI is InChI=1S/C28H25N5O4/c1-18-25(27(34)19-7-3-2-4-8-19)26(32-22-10-6-5-9-21(22)30-28(32)29-18)20-11-12-23(24(17-20)33(35)36)31-13-15-37-16-14-31/h2-12,17,26H,13-16H2,1H3,(H,29,30). The van der Waals surface area contributed by atoms with Gasteiger partial charge in [0.05, 0.1) is 35.2 Å². The summed E-state index contributed by atoms with van der Waals surface area (Å²) in [6.07, 6.45) is 0. The molecule has 1 fully saturated rings. The third-order valence-electron chi connectivity index (χ3n) is 6.98. The van der Waals surface area contributed by atoms with Gasteiger partial charge in [0.15, 0.2) is 5.78 Å². The van der Waals surface area contributed by atoms with E-state index in [0.717, 1.165) is 11.0 Å². The third-order valence-corrected chi connectivity index (χ3v) is 6.98. The fraction of sp³-hybridized carbons (Fsp3) is 0.214. The number of fused-ring (bicyclic) bond motifs is 3. The minimum absolute atomic E-state index is 0.00747. The van der Waals surface area contributed by atoms with Crippen molar-refractivity contribution < 1.29 is 14.5 Å². The number of benzene rings is 3. The van der Waals surface area contributed by atoms with Crippen molar-refractivity contribution in [3.8, 4) is 0 Å². The van der Waals surface area contributed by atoms with Crippen LogP contribution in [0.4, 0.5) is 17.3 Å². The number of morpholine rings is 1. The van der Waals surface area contributed by atoms with Gasteiger partial charge in [-0.3, -0.25) is 19.5 Å². The lowest BCUT2D eigenvalue weighted by molar-refractivity contribution is -0.384. The molecule has 4 aromatic rings. The van der Waals surface area contributed by atoms with E-state index in [-0.39, 0.29) is 16.4 Å². The van der Waals surface area contributed by atoms with E-state index in [2.05, 4.69) is 5.32 Å². The summed E-state index contributed by atoms with van der Waals surface area (Å²) < 4.78 is 7.40. The minimum Gasteiger partial charge on any atom is -0.378 e. The van der Waals surface area contributed by atoms with Crippen molar-refractivity contribution in [2.24, 2.45) is 0 Å². The fourth-order valence-corrected chi connectivity index (χ4v) is 5.25. The molecule has 6 rings (SSSR count). The molecule has 1 aromatic heterocycles. The number of hydrogen-bond acceptors (Lipinski definition) is 7. The monoisotopic (exact) mass is 495 g/mol. The van der Waals surface area contributed by atoms with Crippen molar-refractivity contribution in [3.05, 3.63) is 105 Å². The molecule has 2 aliphatic heterocycles. The predicted octanol–water partition coefficient (Wildman–Crippen LogP) is 4.95. The second-order valence-corrected chi connectivity index (χ2v) is 9.16. The molecule has 0 saturated carbocycles. The molecule has 3 heterocycles. The number of nitro groups is 1. The molecule has 0 spiro atoms. The predicted molar refractivity (Wildman–Crippen MR) is 141 cm³/mol. The van der Waals surface area contributed by atoms with Gasteiger partial charge < -0.3 is 15.0 Å². The van der Waals surface area contributed by atoms with Crippen LogP contribution in [0.25, 0.3) is 11.0 Å². The highest BCUT2D eigenvalue weighted by molar-refractivity contribution is 6.11. The summed E-state index contributed by atoms with van der Waals surface area (Å²) in [7, 11) is 0. The Morgan fingerprint density at radius 3 is 2.54 bits per heavy atom. The molecule has 2 aliphatic rings. The van der Waals surface area contributed by atoms with Crippen molar-refractivity contribution in [3.63, 3.8) is 0 Å². The molecule has 0 bridgehead atoms. The average Bonchev–Trinajstić information content (AvgIpc) is 3.30. The molecule has 0 amide bonds. The number of nitro benzene ring substituents is 1. The molecule has 0 aliphatic carbocycles. The molecule has 3 aromatic carbocycles. The van der Waals surface area contributed by atoms with Gasteiger partial charge in [-0.2, -0.15) is 0 Å². The van der Waals surface area contributed by atoms with Crippen LogP contribution in [0, 0.1) is 10.1 Å². The van der Waals surface area contributed by atoms with Crippen LogP contribution in [0.15, 0.2) is 84.1 Å². The fourth-order valence-electron chi connectivity index (χ4n) is 5.25. The Bertz CT molecular complexity index is 1550. The first-order valence-electron chi connectivity index (χ1n) is 12.2. The average molecular weight is 496 g/mol. The van der Waals surface area contributed by atoms with E-state index < -0.39 is 6.04 Å². The van der Waals surface area contributed by atoms with Crippen molar-refractivity contribution >= 4 is 34.1 Å². The second kappa shape index (κ2) is 9.18. The highest BCUT2D eigenvalue weighted by Gasteiger charge is 2.36. The molecule has 1 atom stereocenters. The Morgan fingerprint density at radius 1 is 1.05 bits per heavy atom. The SMILES string of the molecule is CC1=C(C(=O)c2ccccc2)C(c2ccc(N3CCOCC3)c([N+](=O)[O-])c2)n2c(nc3ccccc32)N1. The Kier molecular flexibility index (Phi) is 5.69. The highest BCUT2D eigenvalue weighted by atomic mass is 16.6. The van der Waals surface area contributed by atoms with E-state index in [1.807, 2.05) is 64.9 Å². The second-order valence-electron chi connectivity index (χ2n) is 9.16. The quantitative estimate of drug-likeness (QED) is 0.237. The van der Waals surface area contributed by atoms with Gasteiger partial charge in [-0.15, -0.1) is 0 Å². The van der Waals surface area contributed by atoms with Crippen LogP contribution >= 0.6 is 0 Å². The smallest absolute Gasteiger partial charge is 0.292 e. The van der Waals surface area contributed by atoms with E-state index >= 15 is 0 Å². The summed E-state index contributed by atoms with van der Waals surface area (Å²) in [6.45, 7) is 4.06. The molecule has 1 unspecified atom stereocenters. The van der Waals surface area contributed by atoms with Crippen LogP contribution < -0.4 is 10.2 Å². The minimum atomic E-state index is -0.603. The summed E-state index contributed by atoms with van der Waals surface area (Å²) in [5.74, 6) is 0.451. The first-order chi connectivity index (χ1) is 18.0. The molecule has 1 N–H and O–H groups in total. The molecule has 9 heteroatoms. The van der Waals surface area contributed by atoms with Crippen molar-refractivity contribution in [1.29, 1.82) is 0 Å². The number of aromatic nitrogens is 2. The number of Topliss-reactive ketones (excluding diaryl/α,β-unsaturated/α-hetero) is 1. The van der Waals surface area contributed by atoms with Gasteiger partial charge in [-0.05, 0) is 30.7 Å². The first-order valence-corrected chi connectivity index (χ1v) is 12.2. The number of nitrogens with one attached hydrogen (secondary N) is 1. The number of rotatable bonds is 5. The Balaban J connectivity index is 1.56. The van der Waals surface area contributed by atoms with Gasteiger partial charge in [0.2, 0.25) is 5.95 Å². The lowest BCUT2D eigenvalue weighted by atomic mass is 9.89. The summed E-state index contributed by atoms with van der Waals surface area (Å²) in [5.41, 5.74) is 4.56. The van der Waals surface area contributed by atoms with Crippen LogP contribution in [-0.4, -0.2) is 46.6 Å². The van der Waals surface area contributed by atoms with Crippen LogP contribution in [0.1, 0.15) is 28.9 Å². The largest absolute Gasteiger partial charge is 0.378 e. The van der Waals surface area contributed by atoms with Crippen molar-refractivity contribution in [2.45, 2.75) is 13.0 Å². The zero-order valence-electron chi connectivity index (χ0n) is 20.3. The summed E-state index contributed by atoms with van der Waals surface area (Å²) in [4.78, 5) is 32.5. The van der Waals surface area contributed by atoms with E-state index in [4.69, 9.17) is 9.72 Å². The van der Waals surface area contributed by atoms with E-state index in [0.29, 0.717) is 60.3 Å². The van der Waals surface area contributed by atoms with Crippen molar-refractivity contribution in [1.82, 2.24) is 9.55 Å². The number of carbonyl (C=O) groups excluding carboxylic acids is 1. The lowest BCUT2D eigenvalue weighted by Crippen LogP contribution is -2.36. The molecule has 1 saturated heterocycles. The van der Waals surface area contributed by atoms with Crippen LogP contribution in [-0.2, 0) is 4.74 Å². The molecule has 37 heavy (non-hydrogen) atoms. The van der Waals surface area contributed by atoms with Crippen LogP contribution in [0.5, 0.6) is 0 Å². The van der Waals surface area contributed by atoms with E-state index in [1.54, 1.807) is 24.3 Å². The Morgan fingerprint density at radius 2 is 1.78 bits per heavy atom. The van der Waals surface area contributed by atoms with Gasteiger partial charge in [-0.25, -0.2) is 4.98 Å². The zero-order chi connectivity index (χ0) is 25.5. The number of para-hydroxylation sites is 2. The maximum Gasteiger partial charge on any atom is 0.292 e. The van der Waals surface area contributed by atoms with Crippen LogP contribution in [0.3, 0.4) is 0 Å². The van der Waals surface area contributed by atoms with Crippen LogP contribution in [0.2, 0.25) is 0 Å². The summed E-state index contributed by atoms with van der Waals surface area (Å²) in [6, 6.07) is 21.5. The topological polar surface area (TPSA) is 103 Å². The molecule has 186 valence electrons. The number of nitrogens with zero attached hydrogens (tertiary/aromatic N) is 4. The van der Waals surface area contributed by atoms with Gasteiger partial charge in [0.1, 0.15) is 5.69 Å². The number of hydrogen-bond donors (Lipinski definition) is 1. The highest BCUT2D eigenvalue weighted by Crippen LogP contribution is 2.42. The number of ketones is 1. The Hall–Kier alpha value is -4.50. The van der Waals surface area contributed by atoms with E-state index in [9.17, 15) is 14.9 Å². The Labute approximate surface area is 213 Å². The maximum atomic E-state index is 13.9. The number of carbonyl (C=O) groups is 1. The van der Waals surface area contributed by atoms with E-state index in [1.165, 1.54) is 0 Å². The third kappa shape index (κ3) is 3.93. The van der Waals surface area contributed by atoms with Gasteiger partial charge >= 0.3 is 0 Å². The maximum absolute atomic E-state index is 13.9. The first kappa shape index (κ1) is 22.9. The molecule has 0 radical (unpaired) electrons.